The van der Waals surface area contributed by atoms with Crippen LogP contribution in [0.1, 0.15) is 0 Å². The molecule has 0 radical (unpaired) electrons. The van der Waals surface area contributed by atoms with Crippen molar-refractivity contribution in [2.45, 2.75) is 6.10 Å². The van der Waals surface area contributed by atoms with Crippen LogP contribution >= 0.6 is 0 Å². The highest BCUT2D eigenvalue weighted by atomic mass is 16.5. The van der Waals surface area contributed by atoms with Crippen molar-refractivity contribution in [2.24, 2.45) is 0 Å². The largest absolute Gasteiger partial charge is 0.374 e. The van der Waals surface area contributed by atoms with Crippen LogP contribution in [-0.4, -0.2) is 61.3 Å². The summed E-state index contributed by atoms with van der Waals surface area (Å²) < 4.78 is 5.66. The molecular formula is C11H19N5O. The minimum Gasteiger partial charge on any atom is -0.374 e. The molecule has 1 atom stereocenters. The Balaban J connectivity index is 1.84. The summed E-state index contributed by atoms with van der Waals surface area (Å²) in [7, 11) is 3.93. The predicted octanol–water partition coefficient (Wildman–Crippen LogP) is 0.261. The number of rotatable bonds is 4. The van der Waals surface area contributed by atoms with Gasteiger partial charge in [-0.05, 0) is 7.05 Å². The summed E-state index contributed by atoms with van der Waals surface area (Å²) in [5.74, 6) is 1.53. The van der Waals surface area contributed by atoms with Gasteiger partial charge in [-0.25, -0.2) is 4.98 Å². The number of hydrogen-bond acceptors (Lipinski definition) is 6. The first-order chi connectivity index (χ1) is 8.28. The van der Waals surface area contributed by atoms with Gasteiger partial charge < -0.3 is 20.3 Å². The van der Waals surface area contributed by atoms with Crippen LogP contribution in [0.3, 0.4) is 0 Å². The minimum absolute atomic E-state index is 0.216. The zero-order chi connectivity index (χ0) is 12.1. The van der Waals surface area contributed by atoms with Gasteiger partial charge >= 0.3 is 0 Å². The molecule has 6 nitrogen and oxygen atoms in total. The molecule has 1 aliphatic rings. The van der Waals surface area contributed by atoms with Crippen LogP contribution in [0.15, 0.2) is 12.4 Å². The molecule has 0 amide bonds. The summed E-state index contributed by atoms with van der Waals surface area (Å²) in [5, 5.41) is 6.20. The van der Waals surface area contributed by atoms with E-state index in [0.717, 1.165) is 37.9 Å². The third-order valence-corrected chi connectivity index (χ3v) is 2.74. The fourth-order valence-electron chi connectivity index (χ4n) is 1.78. The Morgan fingerprint density at radius 2 is 2.29 bits per heavy atom. The van der Waals surface area contributed by atoms with Gasteiger partial charge in [0, 0.05) is 26.7 Å². The summed E-state index contributed by atoms with van der Waals surface area (Å²) in [6.45, 7) is 3.51. The molecule has 1 aromatic rings. The van der Waals surface area contributed by atoms with Gasteiger partial charge in [0.2, 0.25) is 0 Å². The monoisotopic (exact) mass is 237 g/mol. The topological polar surface area (TPSA) is 62.3 Å². The third-order valence-electron chi connectivity index (χ3n) is 2.74. The summed E-state index contributed by atoms with van der Waals surface area (Å²) >= 11 is 0. The first-order valence-electron chi connectivity index (χ1n) is 5.82. The molecule has 0 bridgehead atoms. The molecule has 1 aliphatic heterocycles. The van der Waals surface area contributed by atoms with E-state index in [4.69, 9.17) is 4.74 Å². The first-order valence-corrected chi connectivity index (χ1v) is 5.82. The number of nitrogens with zero attached hydrogens (tertiary/aromatic N) is 3. The van der Waals surface area contributed by atoms with E-state index in [2.05, 4.69) is 32.5 Å². The number of hydrogen-bond donors (Lipinski definition) is 2. The molecule has 1 unspecified atom stereocenters. The molecule has 1 fully saturated rings. The maximum absolute atomic E-state index is 5.66. The number of anilines is 2. The second kappa shape index (κ2) is 5.79. The predicted molar refractivity (Wildman–Crippen MR) is 67.3 cm³/mol. The molecule has 2 rings (SSSR count). The lowest BCUT2D eigenvalue weighted by Crippen LogP contribution is -2.43. The number of morpholine rings is 1. The zero-order valence-electron chi connectivity index (χ0n) is 10.3. The number of nitrogens with one attached hydrogen (secondary N) is 2. The quantitative estimate of drug-likeness (QED) is 0.783. The van der Waals surface area contributed by atoms with E-state index in [9.17, 15) is 0 Å². The second-order valence-corrected chi connectivity index (χ2v) is 4.18. The van der Waals surface area contributed by atoms with Crippen LogP contribution < -0.4 is 10.6 Å². The van der Waals surface area contributed by atoms with Gasteiger partial charge in [-0.3, -0.25) is 4.98 Å². The maximum Gasteiger partial charge on any atom is 0.147 e. The van der Waals surface area contributed by atoms with Gasteiger partial charge in [0.05, 0.1) is 25.1 Å². The lowest BCUT2D eigenvalue weighted by molar-refractivity contribution is -0.0117. The lowest BCUT2D eigenvalue weighted by atomic mass is 10.3. The number of aromatic nitrogens is 2. The summed E-state index contributed by atoms with van der Waals surface area (Å²) in [4.78, 5) is 10.7. The van der Waals surface area contributed by atoms with Crippen molar-refractivity contribution in [3.05, 3.63) is 12.4 Å². The van der Waals surface area contributed by atoms with Crippen molar-refractivity contribution in [3.8, 4) is 0 Å². The van der Waals surface area contributed by atoms with Crippen LogP contribution in [0, 0.1) is 0 Å². The lowest BCUT2D eigenvalue weighted by Gasteiger charge is -2.30. The normalized spacial score (nSPS) is 21.2. The van der Waals surface area contributed by atoms with E-state index in [1.807, 2.05) is 7.05 Å². The average Bonchev–Trinajstić information content (AvgIpc) is 2.37. The Hall–Kier alpha value is -1.40. The summed E-state index contributed by atoms with van der Waals surface area (Å²) in [6, 6.07) is 0. The van der Waals surface area contributed by atoms with Gasteiger partial charge in [-0.1, -0.05) is 0 Å². The molecule has 94 valence electrons. The molecule has 0 spiro atoms. The van der Waals surface area contributed by atoms with E-state index in [1.165, 1.54) is 0 Å². The van der Waals surface area contributed by atoms with Gasteiger partial charge in [0.25, 0.3) is 0 Å². The van der Waals surface area contributed by atoms with Gasteiger partial charge in [0.1, 0.15) is 11.6 Å². The van der Waals surface area contributed by atoms with Crippen molar-refractivity contribution >= 4 is 11.6 Å². The average molecular weight is 237 g/mol. The maximum atomic E-state index is 5.66. The highest BCUT2D eigenvalue weighted by molar-refractivity contribution is 5.40. The molecule has 0 aliphatic carbocycles. The molecule has 1 saturated heterocycles. The van der Waals surface area contributed by atoms with Crippen molar-refractivity contribution < 1.29 is 4.74 Å². The van der Waals surface area contributed by atoms with Crippen molar-refractivity contribution in [2.75, 3.05) is 51.0 Å². The van der Waals surface area contributed by atoms with Crippen LogP contribution in [0.4, 0.5) is 11.6 Å². The standard InChI is InChI=1S/C11H19N5O/c1-12-10-6-13-7-11(15-10)14-5-9-8-16(2)3-4-17-9/h6-7,9H,3-5,8H2,1-2H3,(H2,12,14,15). The Morgan fingerprint density at radius 1 is 1.47 bits per heavy atom. The SMILES string of the molecule is CNc1cncc(NCC2CN(C)CCO2)n1. The molecule has 2 heterocycles. The van der Waals surface area contributed by atoms with Crippen molar-refractivity contribution in [3.63, 3.8) is 0 Å². The molecular weight excluding hydrogens is 218 g/mol. The fraction of sp³-hybridized carbons (Fsp3) is 0.636. The van der Waals surface area contributed by atoms with Crippen molar-refractivity contribution in [1.29, 1.82) is 0 Å². The molecule has 1 aromatic heterocycles. The van der Waals surface area contributed by atoms with Crippen LogP contribution in [-0.2, 0) is 4.74 Å². The fourth-order valence-corrected chi connectivity index (χ4v) is 1.78. The molecule has 17 heavy (non-hydrogen) atoms. The van der Waals surface area contributed by atoms with Gasteiger partial charge in [-0.2, -0.15) is 0 Å². The van der Waals surface area contributed by atoms with Crippen LogP contribution in [0.2, 0.25) is 0 Å². The molecule has 0 aromatic carbocycles. The van der Waals surface area contributed by atoms with E-state index >= 15 is 0 Å². The summed E-state index contributed by atoms with van der Waals surface area (Å²) in [5.41, 5.74) is 0. The Kier molecular flexibility index (Phi) is 4.11. The Morgan fingerprint density at radius 3 is 3.06 bits per heavy atom. The molecule has 6 heteroatoms. The minimum atomic E-state index is 0.216. The van der Waals surface area contributed by atoms with Crippen LogP contribution in [0.25, 0.3) is 0 Å². The molecule has 0 saturated carbocycles. The highest BCUT2D eigenvalue weighted by Crippen LogP contribution is 2.08. The van der Waals surface area contributed by atoms with E-state index in [1.54, 1.807) is 12.4 Å². The first kappa shape index (κ1) is 12.1. The van der Waals surface area contributed by atoms with E-state index < -0.39 is 0 Å². The zero-order valence-corrected chi connectivity index (χ0v) is 10.3. The van der Waals surface area contributed by atoms with Crippen LogP contribution in [0.5, 0.6) is 0 Å². The smallest absolute Gasteiger partial charge is 0.147 e. The van der Waals surface area contributed by atoms with Crippen molar-refractivity contribution in [1.82, 2.24) is 14.9 Å². The third kappa shape index (κ3) is 3.54. The highest BCUT2D eigenvalue weighted by Gasteiger charge is 2.17. The Labute approximate surface area is 101 Å². The number of likely N-dealkylation sites (N-methyl/N-ethyl adjacent to an activating group) is 1. The van der Waals surface area contributed by atoms with E-state index in [-0.39, 0.29) is 6.10 Å². The summed E-state index contributed by atoms with van der Waals surface area (Å²) in [6.07, 6.45) is 3.62. The Bertz CT molecular complexity index is 359. The molecule has 2 N–H and O–H groups in total. The van der Waals surface area contributed by atoms with Gasteiger partial charge in [0.15, 0.2) is 0 Å². The second-order valence-electron chi connectivity index (χ2n) is 4.18. The van der Waals surface area contributed by atoms with Gasteiger partial charge in [-0.15, -0.1) is 0 Å². The number of ether oxygens (including phenoxy) is 1. The van der Waals surface area contributed by atoms with E-state index in [0.29, 0.717) is 0 Å².